The van der Waals surface area contributed by atoms with E-state index >= 15 is 0 Å². The second-order valence-electron chi connectivity index (χ2n) is 5.42. The molecule has 0 saturated carbocycles. The fourth-order valence-corrected chi connectivity index (χ4v) is 2.30. The molecular weight excluding hydrogens is 322 g/mol. The van der Waals surface area contributed by atoms with Gasteiger partial charge in [-0.2, -0.15) is 0 Å². The van der Waals surface area contributed by atoms with Gasteiger partial charge in [-0.1, -0.05) is 24.3 Å². The zero-order chi connectivity index (χ0) is 17.8. The Morgan fingerprint density at radius 3 is 2.64 bits per heavy atom. The Kier molecular flexibility index (Phi) is 4.70. The summed E-state index contributed by atoms with van der Waals surface area (Å²) in [5.74, 6) is -0.464. The third kappa shape index (κ3) is 3.80. The third-order valence-electron chi connectivity index (χ3n) is 3.62. The van der Waals surface area contributed by atoms with E-state index < -0.39 is 18.0 Å². The van der Waals surface area contributed by atoms with Crippen LogP contribution in [0.2, 0.25) is 0 Å². The molecule has 1 N–H and O–H groups in total. The molecule has 0 aliphatic rings. The van der Waals surface area contributed by atoms with E-state index in [-0.39, 0.29) is 5.76 Å². The summed E-state index contributed by atoms with van der Waals surface area (Å²) in [4.78, 5) is 24.4. The van der Waals surface area contributed by atoms with Crippen LogP contribution in [0, 0.1) is 0 Å². The number of ether oxygens (including phenoxy) is 2. The van der Waals surface area contributed by atoms with Gasteiger partial charge in [-0.15, -0.1) is 0 Å². The number of fused-ring (bicyclic) bond motifs is 1. The Bertz CT molecular complexity index is 882. The Hall–Kier alpha value is -3.28. The maximum absolute atomic E-state index is 12.2. The highest BCUT2D eigenvalue weighted by Crippen LogP contribution is 2.20. The minimum Gasteiger partial charge on any atom is -0.497 e. The van der Waals surface area contributed by atoms with E-state index in [4.69, 9.17) is 13.9 Å². The number of para-hydroxylation sites is 1. The van der Waals surface area contributed by atoms with Crippen LogP contribution < -0.4 is 10.1 Å². The summed E-state index contributed by atoms with van der Waals surface area (Å²) in [5, 5.41) is 3.47. The van der Waals surface area contributed by atoms with Crippen molar-refractivity contribution in [3.05, 3.63) is 60.4 Å². The van der Waals surface area contributed by atoms with E-state index in [1.807, 2.05) is 18.2 Å². The number of methoxy groups -OCH3 is 1. The van der Waals surface area contributed by atoms with Crippen LogP contribution in [0.4, 0.5) is 5.69 Å². The average Bonchev–Trinajstić information content (AvgIpc) is 3.06. The number of esters is 1. The first-order chi connectivity index (χ1) is 12.1. The summed E-state index contributed by atoms with van der Waals surface area (Å²) in [6, 6.07) is 15.7. The molecule has 0 spiro atoms. The van der Waals surface area contributed by atoms with Gasteiger partial charge in [0.15, 0.2) is 6.10 Å². The van der Waals surface area contributed by atoms with Gasteiger partial charge in [-0.05, 0) is 31.2 Å². The lowest BCUT2D eigenvalue weighted by Crippen LogP contribution is -2.29. The predicted octanol–water partition coefficient (Wildman–Crippen LogP) is 3.63. The zero-order valence-electron chi connectivity index (χ0n) is 13.8. The monoisotopic (exact) mass is 339 g/mol. The number of hydrogen-bond acceptors (Lipinski definition) is 5. The molecule has 1 heterocycles. The molecule has 0 bridgehead atoms. The van der Waals surface area contributed by atoms with E-state index in [0.29, 0.717) is 17.0 Å². The van der Waals surface area contributed by atoms with E-state index in [1.54, 1.807) is 43.5 Å². The molecule has 1 aromatic heterocycles. The maximum atomic E-state index is 12.2. The van der Waals surface area contributed by atoms with Gasteiger partial charge in [0.05, 0.1) is 7.11 Å². The molecule has 0 unspecified atom stereocenters. The number of nitrogens with one attached hydrogen (secondary N) is 1. The van der Waals surface area contributed by atoms with Crippen molar-refractivity contribution in [3.8, 4) is 5.75 Å². The Balaban J connectivity index is 1.65. The highest BCUT2D eigenvalue weighted by molar-refractivity contribution is 5.98. The van der Waals surface area contributed by atoms with Crippen LogP contribution >= 0.6 is 0 Å². The number of carbonyl (C=O) groups excluding carboxylic acids is 2. The van der Waals surface area contributed by atoms with Gasteiger partial charge in [-0.3, -0.25) is 4.79 Å². The standard InChI is InChI=1S/C19H17NO5/c1-12(18(21)20-14-7-5-8-15(11-14)23-2)24-19(22)17-10-13-6-3-4-9-16(13)25-17/h3-12H,1-2H3,(H,20,21)/t12-/m0/s1. The molecule has 1 amide bonds. The van der Waals surface area contributed by atoms with E-state index in [2.05, 4.69) is 5.32 Å². The fraction of sp³-hybridized carbons (Fsp3) is 0.158. The SMILES string of the molecule is COc1cccc(NC(=O)[C@H](C)OC(=O)c2cc3ccccc3o2)c1. The first-order valence-electron chi connectivity index (χ1n) is 7.71. The largest absolute Gasteiger partial charge is 0.497 e. The van der Waals surface area contributed by atoms with Crippen molar-refractivity contribution in [3.63, 3.8) is 0 Å². The van der Waals surface area contributed by atoms with Crippen LogP contribution in [0.5, 0.6) is 5.75 Å². The second kappa shape index (κ2) is 7.09. The summed E-state index contributed by atoms with van der Waals surface area (Å²) in [6.45, 7) is 1.50. The van der Waals surface area contributed by atoms with Gasteiger partial charge in [0.25, 0.3) is 5.91 Å². The van der Waals surface area contributed by atoms with E-state index in [9.17, 15) is 9.59 Å². The number of anilines is 1. The van der Waals surface area contributed by atoms with Crippen molar-refractivity contribution in [1.29, 1.82) is 0 Å². The van der Waals surface area contributed by atoms with Crippen LogP contribution in [0.1, 0.15) is 17.5 Å². The molecular formula is C19H17NO5. The average molecular weight is 339 g/mol. The summed E-state index contributed by atoms with van der Waals surface area (Å²) >= 11 is 0. The van der Waals surface area contributed by atoms with E-state index in [1.165, 1.54) is 6.92 Å². The molecule has 1 atom stereocenters. The topological polar surface area (TPSA) is 77.8 Å². The van der Waals surface area contributed by atoms with Crippen molar-refractivity contribution in [2.24, 2.45) is 0 Å². The molecule has 3 aromatic rings. The minimum atomic E-state index is -0.980. The first-order valence-corrected chi connectivity index (χ1v) is 7.71. The number of benzene rings is 2. The van der Waals surface area contributed by atoms with Crippen molar-refractivity contribution >= 4 is 28.5 Å². The number of hydrogen-bond donors (Lipinski definition) is 1. The predicted molar refractivity (Wildman–Crippen MR) is 92.7 cm³/mol. The van der Waals surface area contributed by atoms with Gasteiger partial charge in [-0.25, -0.2) is 4.79 Å². The molecule has 3 rings (SSSR count). The molecule has 128 valence electrons. The second-order valence-corrected chi connectivity index (χ2v) is 5.42. The van der Waals surface area contributed by atoms with E-state index in [0.717, 1.165) is 5.39 Å². The van der Waals surface area contributed by atoms with Gasteiger partial charge in [0, 0.05) is 17.1 Å². The first kappa shape index (κ1) is 16.6. The Morgan fingerprint density at radius 1 is 1.08 bits per heavy atom. The zero-order valence-corrected chi connectivity index (χ0v) is 13.8. The molecule has 6 heteroatoms. The van der Waals surface area contributed by atoms with Gasteiger partial charge in [0.1, 0.15) is 11.3 Å². The summed E-state index contributed by atoms with van der Waals surface area (Å²) in [6.07, 6.45) is -0.980. The lowest BCUT2D eigenvalue weighted by atomic mass is 10.2. The van der Waals surface area contributed by atoms with Crippen molar-refractivity contribution in [2.45, 2.75) is 13.0 Å². The normalized spacial score (nSPS) is 11.8. The molecule has 6 nitrogen and oxygen atoms in total. The van der Waals surface area contributed by atoms with Crippen LogP contribution in [0.25, 0.3) is 11.0 Å². The molecule has 25 heavy (non-hydrogen) atoms. The van der Waals surface area contributed by atoms with Crippen LogP contribution in [-0.2, 0) is 9.53 Å². The summed E-state index contributed by atoms with van der Waals surface area (Å²) in [5.41, 5.74) is 1.14. The number of amides is 1. The summed E-state index contributed by atoms with van der Waals surface area (Å²) < 4.78 is 15.7. The molecule has 0 aliphatic heterocycles. The smallest absolute Gasteiger partial charge is 0.375 e. The summed E-state index contributed by atoms with van der Waals surface area (Å²) in [7, 11) is 1.54. The quantitative estimate of drug-likeness (QED) is 0.718. The van der Waals surface area contributed by atoms with Gasteiger partial charge < -0.3 is 19.2 Å². The lowest BCUT2D eigenvalue weighted by molar-refractivity contribution is -0.123. The van der Waals surface area contributed by atoms with Crippen LogP contribution in [-0.4, -0.2) is 25.1 Å². The molecule has 0 aliphatic carbocycles. The van der Waals surface area contributed by atoms with Crippen molar-refractivity contribution < 1.29 is 23.5 Å². The van der Waals surface area contributed by atoms with Crippen molar-refractivity contribution in [1.82, 2.24) is 0 Å². The van der Waals surface area contributed by atoms with Gasteiger partial charge >= 0.3 is 5.97 Å². The molecule has 0 radical (unpaired) electrons. The van der Waals surface area contributed by atoms with Crippen LogP contribution in [0.3, 0.4) is 0 Å². The lowest BCUT2D eigenvalue weighted by Gasteiger charge is -2.13. The Morgan fingerprint density at radius 2 is 1.88 bits per heavy atom. The van der Waals surface area contributed by atoms with Crippen molar-refractivity contribution in [2.75, 3.05) is 12.4 Å². The molecule has 0 fully saturated rings. The number of furan rings is 1. The third-order valence-corrected chi connectivity index (χ3v) is 3.62. The minimum absolute atomic E-state index is 0.0576. The number of rotatable bonds is 5. The van der Waals surface area contributed by atoms with Crippen LogP contribution in [0.15, 0.2) is 59.0 Å². The molecule has 0 saturated heterocycles. The highest BCUT2D eigenvalue weighted by Gasteiger charge is 2.21. The molecule has 2 aromatic carbocycles. The highest BCUT2D eigenvalue weighted by atomic mass is 16.6. The number of carbonyl (C=O) groups is 2. The Labute approximate surface area is 144 Å². The van der Waals surface area contributed by atoms with Gasteiger partial charge in [0.2, 0.25) is 5.76 Å². The fourth-order valence-electron chi connectivity index (χ4n) is 2.30. The maximum Gasteiger partial charge on any atom is 0.375 e.